The number of aromatic nitrogens is 4. The van der Waals surface area contributed by atoms with Crippen molar-refractivity contribution in [1.82, 2.24) is 19.9 Å². The summed E-state index contributed by atoms with van der Waals surface area (Å²) in [5.41, 5.74) is 1.80. The van der Waals surface area contributed by atoms with Crippen LogP contribution in [0.5, 0.6) is 5.75 Å². The number of nitrogens with zero attached hydrogens (tertiary/aromatic N) is 4. The summed E-state index contributed by atoms with van der Waals surface area (Å²) in [5.74, 6) is 3.50. The Balaban J connectivity index is 1.37. The fraction of sp³-hybridized carbons (Fsp3) is 0.318. The van der Waals surface area contributed by atoms with Gasteiger partial charge < -0.3 is 18.4 Å². The predicted octanol–water partition coefficient (Wildman–Crippen LogP) is 4.67. The Bertz CT molecular complexity index is 1120. The molecule has 5 rings (SSSR count). The van der Waals surface area contributed by atoms with Crippen LogP contribution in [0.15, 0.2) is 62.8 Å². The molecule has 0 spiro atoms. The average Bonchev–Trinajstić information content (AvgIpc) is 3.61. The van der Waals surface area contributed by atoms with Gasteiger partial charge in [-0.1, -0.05) is 16.9 Å². The van der Waals surface area contributed by atoms with Gasteiger partial charge in [0.2, 0.25) is 5.76 Å². The fourth-order valence-corrected chi connectivity index (χ4v) is 4.39. The molecule has 1 aliphatic heterocycles. The maximum atomic E-state index is 5.87. The number of hydrogen-bond donors (Lipinski definition) is 0. The Hall–Kier alpha value is -3.04. The van der Waals surface area contributed by atoms with Crippen molar-refractivity contribution in [3.63, 3.8) is 0 Å². The molecule has 9 heteroatoms. The molecule has 4 heterocycles. The summed E-state index contributed by atoms with van der Waals surface area (Å²) in [7, 11) is 1.66. The molecule has 0 radical (unpaired) electrons. The minimum Gasteiger partial charge on any atom is -0.497 e. The van der Waals surface area contributed by atoms with Crippen molar-refractivity contribution < 1.29 is 18.4 Å². The summed E-state index contributed by atoms with van der Waals surface area (Å²) in [6.07, 6.45) is 3.91. The van der Waals surface area contributed by atoms with Gasteiger partial charge in [0.15, 0.2) is 16.7 Å². The van der Waals surface area contributed by atoms with Gasteiger partial charge >= 0.3 is 0 Å². The van der Waals surface area contributed by atoms with Crippen LogP contribution in [-0.4, -0.2) is 39.7 Å². The third kappa shape index (κ3) is 4.38. The van der Waals surface area contributed by atoms with Gasteiger partial charge in [-0.05, 0) is 49.2 Å². The Morgan fingerprint density at radius 3 is 2.81 bits per heavy atom. The molecule has 3 aromatic heterocycles. The first-order chi connectivity index (χ1) is 15.3. The summed E-state index contributed by atoms with van der Waals surface area (Å²) < 4.78 is 24.1. The van der Waals surface area contributed by atoms with Crippen LogP contribution in [0.1, 0.15) is 18.5 Å². The maximum Gasteiger partial charge on any atom is 0.202 e. The van der Waals surface area contributed by atoms with E-state index in [9.17, 15) is 0 Å². The molecule has 1 aliphatic rings. The highest BCUT2D eigenvalue weighted by Crippen LogP contribution is 2.30. The normalized spacial score (nSPS) is 16.1. The standard InChI is InChI=1S/C22H22N4O4S/c1-27-17-8-6-15(7-9-17)21-23-24-22(26(21)13-18-4-2-10-28-18)31-14-16-12-20(30-25-16)19-5-3-11-29-19/h3,5-9,11-12,18H,2,4,10,13-14H2,1H3/t18-/m1/s1. The van der Waals surface area contributed by atoms with Crippen molar-refractivity contribution in [3.8, 4) is 28.7 Å². The third-order valence-corrected chi connectivity index (χ3v) is 6.15. The van der Waals surface area contributed by atoms with Crippen molar-refractivity contribution in [2.75, 3.05) is 13.7 Å². The molecule has 0 unspecified atom stereocenters. The molecule has 1 saturated heterocycles. The lowest BCUT2D eigenvalue weighted by Gasteiger charge is -2.14. The number of rotatable bonds is 8. The van der Waals surface area contributed by atoms with Gasteiger partial charge in [-0.3, -0.25) is 4.57 Å². The third-order valence-electron chi connectivity index (χ3n) is 5.15. The Morgan fingerprint density at radius 2 is 2.06 bits per heavy atom. The molecule has 0 aliphatic carbocycles. The summed E-state index contributed by atoms with van der Waals surface area (Å²) in [5, 5.41) is 13.9. The van der Waals surface area contributed by atoms with Crippen molar-refractivity contribution in [2.45, 2.75) is 36.4 Å². The summed E-state index contributed by atoms with van der Waals surface area (Å²) in [4.78, 5) is 0. The summed E-state index contributed by atoms with van der Waals surface area (Å²) in [6.45, 7) is 1.52. The zero-order chi connectivity index (χ0) is 21.0. The summed E-state index contributed by atoms with van der Waals surface area (Å²) >= 11 is 1.57. The fourth-order valence-electron chi connectivity index (χ4n) is 3.56. The highest BCUT2D eigenvalue weighted by atomic mass is 32.2. The number of benzene rings is 1. The first-order valence-electron chi connectivity index (χ1n) is 10.1. The Morgan fingerprint density at radius 1 is 1.16 bits per heavy atom. The second kappa shape index (κ2) is 8.99. The maximum absolute atomic E-state index is 5.87. The van der Waals surface area contributed by atoms with E-state index in [1.807, 2.05) is 42.5 Å². The van der Waals surface area contributed by atoms with Gasteiger partial charge in [0.1, 0.15) is 5.75 Å². The van der Waals surface area contributed by atoms with Gasteiger partial charge in [-0.15, -0.1) is 10.2 Å². The molecule has 1 fully saturated rings. The molecule has 0 bridgehead atoms. The van der Waals surface area contributed by atoms with Crippen molar-refractivity contribution in [2.24, 2.45) is 0 Å². The van der Waals surface area contributed by atoms with E-state index in [0.717, 1.165) is 47.4 Å². The monoisotopic (exact) mass is 438 g/mol. The van der Waals surface area contributed by atoms with Gasteiger partial charge in [0, 0.05) is 24.0 Å². The van der Waals surface area contributed by atoms with Gasteiger partial charge in [-0.2, -0.15) is 0 Å². The lowest BCUT2D eigenvalue weighted by Crippen LogP contribution is -2.16. The quantitative estimate of drug-likeness (QED) is 0.367. The van der Waals surface area contributed by atoms with Gasteiger partial charge in [0.25, 0.3) is 0 Å². The second-order valence-electron chi connectivity index (χ2n) is 7.23. The number of hydrogen-bond acceptors (Lipinski definition) is 8. The van der Waals surface area contributed by atoms with Crippen LogP contribution >= 0.6 is 11.8 Å². The van der Waals surface area contributed by atoms with Gasteiger partial charge in [0.05, 0.1) is 31.7 Å². The SMILES string of the molecule is COc1ccc(-c2nnc(SCc3cc(-c4ccco4)on3)n2C[C@H]2CCCO2)cc1. The molecule has 8 nitrogen and oxygen atoms in total. The number of ether oxygens (including phenoxy) is 2. The van der Waals surface area contributed by atoms with E-state index < -0.39 is 0 Å². The lowest BCUT2D eigenvalue weighted by molar-refractivity contribution is 0.0953. The van der Waals surface area contributed by atoms with Crippen molar-refractivity contribution in [1.29, 1.82) is 0 Å². The highest BCUT2D eigenvalue weighted by molar-refractivity contribution is 7.98. The smallest absolute Gasteiger partial charge is 0.202 e. The predicted molar refractivity (Wildman–Crippen MR) is 115 cm³/mol. The topological polar surface area (TPSA) is 88.3 Å². The van der Waals surface area contributed by atoms with Crippen molar-refractivity contribution in [3.05, 3.63) is 54.4 Å². The van der Waals surface area contributed by atoms with Crippen LogP contribution < -0.4 is 4.74 Å². The number of thioether (sulfide) groups is 1. The molecular formula is C22H22N4O4S. The Kier molecular flexibility index (Phi) is 5.77. The second-order valence-corrected chi connectivity index (χ2v) is 8.17. The molecule has 31 heavy (non-hydrogen) atoms. The van der Waals surface area contributed by atoms with Crippen LogP contribution in [-0.2, 0) is 17.0 Å². The highest BCUT2D eigenvalue weighted by Gasteiger charge is 2.22. The van der Waals surface area contributed by atoms with E-state index in [1.54, 1.807) is 25.1 Å². The summed E-state index contributed by atoms with van der Waals surface area (Å²) in [6, 6.07) is 13.4. The minimum absolute atomic E-state index is 0.171. The van der Waals surface area contributed by atoms with E-state index in [2.05, 4.69) is 19.9 Å². The van der Waals surface area contributed by atoms with Crippen LogP contribution in [0.2, 0.25) is 0 Å². The first-order valence-corrected chi connectivity index (χ1v) is 11.1. The average molecular weight is 439 g/mol. The largest absolute Gasteiger partial charge is 0.497 e. The van der Waals surface area contributed by atoms with E-state index in [4.69, 9.17) is 18.4 Å². The molecule has 0 N–H and O–H groups in total. The first kappa shape index (κ1) is 19.9. The van der Waals surface area contributed by atoms with E-state index >= 15 is 0 Å². The lowest BCUT2D eigenvalue weighted by atomic mass is 10.2. The zero-order valence-corrected chi connectivity index (χ0v) is 17.9. The van der Waals surface area contributed by atoms with E-state index in [1.165, 1.54) is 0 Å². The molecule has 1 atom stereocenters. The zero-order valence-electron chi connectivity index (χ0n) is 17.1. The molecule has 160 valence electrons. The van der Waals surface area contributed by atoms with Crippen LogP contribution in [0.4, 0.5) is 0 Å². The van der Waals surface area contributed by atoms with Crippen LogP contribution in [0.25, 0.3) is 22.9 Å². The van der Waals surface area contributed by atoms with Crippen LogP contribution in [0, 0.1) is 0 Å². The molecule has 4 aromatic rings. The number of methoxy groups -OCH3 is 1. The minimum atomic E-state index is 0.171. The van der Waals surface area contributed by atoms with Gasteiger partial charge in [-0.25, -0.2) is 0 Å². The van der Waals surface area contributed by atoms with E-state index in [0.29, 0.717) is 23.8 Å². The molecular weight excluding hydrogens is 416 g/mol. The van der Waals surface area contributed by atoms with Crippen molar-refractivity contribution >= 4 is 11.8 Å². The molecule has 1 aromatic carbocycles. The molecule has 0 saturated carbocycles. The molecule has 0 amide bonds. The Labute approximate surface area is 183 Å². The number of furan rings is 1. The van der Waals surface area contributed by atoms with Crippen LogP contribution in [0.3, 0.4) is 0 Å². The van der Waals surface area contributed by atoms with E-state index in [-0.39, 0.29) is 6.10 Å².